The number of fused-ring (bicyclic) bond motifs is 1. The molecule has 1 aromatic carbocycles. The van der Waals surface area contributed by atoms with Crippen molar-refractivity contribution < 1.29 is 14.6 Å². The summed E-state index contributed by atoms with van der Waals surface area (Å²) in [5, 5.41) is 11.3. The molecule has 1 aromatic heterocycles. The highest BCUT2D eigenvalue weighted by atomic mass is 16.5. The summed E-state index contributed by atoms with van der Waals surface area (Å²) in [4.78, 5) is 17.7. The van der Waals surface area contributed by atoms with Gasteiger partial charge in [-0.25, -0.2) is 0 Å². The zero-order valence-corrected chi connectivity index (χ0v) is 18.5. The Bertz CT molecular complexity index is 885. The lowest BCUT2D eigenvalue weighted by molar-refractivity contribution is 0.0107. The molecule has 0 bridgehead atoms. The van der Waals surface area contributed by atoms with Crippen LogP contribution in [-0.4, -0.2) is 71.3 Å². The van der Waals surface area contributed by atoms with E-state index in [-0.39, 0.29) is 11.9 Å². The second kappa shape index (κ2) is 8.98. The Hall–Kier alpha value is -2.05. The number of carbonyl (C=O) groups excluding carboxylic acids is 1. The molecule has 0 unspecified atom stereocenters. The third-order valence-corrected chi connectivity index (χ3v) is 6.93. The van der Waals surface area contributed by atoms with Gasteiger partial charge in [-0.1, -0.05) is 31.4 Å². The number of methoxy groups -OCH3 is 1. The molecular formula is C24H35N3O3. The Kier molecular flexibility index (Phi) is 6.34. The van der Waals surface area contributed by atoms with Crippen LogP contribution >= 0.6 is 0 Å². The van der Waals surface area contributed by atoms with Gasteiger partial charge in [0.1, 0.15) is 5.75 Å². The van der Waals surface area contributed by atoms with Gasteiger partial charge in [-0.2, -0.15) is 0 Å². The van der Waals surface area contributed by atoms with Gasteiger partial charge in [0.05, 0.1) is 30.3 Å². The standard InChI is InChI=1S/C24H35N3O3/c1-17(28)21-16-25(2)12-13-27(21)24(29)20-15-26(14-18-8-5-4-6-9-18)23-19(20)10-7-11-22(23)30-3/h7,10-11,15,17-18,21,28H,4-6,8-9,12-14,16H2,1-3H3/t17-,21+/m0/s1. The first-order chi connectivity index (χ1) is 14.5. The molecule has 1 saturated heterocycles. The number of amides is 1. The molecule has 2 aliphatic rings. The van der Waals surface area contributed by atoms with Crippen molar-refractivity contribution in [2.45, 2.75) is 57.7 Å². The number of likely N-dealkylation sites (N-methyl/N-ethyl adjacent to an activating group) is 1. The first kappa shape index (κ1) is 21.2. The smallest absolute Gasteiger partial charge is 0.256 e. The molecule has 1 aliphatic heterocycles. The van der Waals surface area contributed by atoms with Crippen molar-refractivity contribution in [3.05, 3.63) is 30.0 Å². The van der Waals surface area contributed by atoms with E-state index in [0.29, 0.717) is 19.0 Å². The van der Waals surface area contributed by atoms with Crippen LogP contribution in [0.25, 0.3) is 10.9 Å². The van der Waals surface area contributed by atoms with Crippen molar-refractivity contribution in [1.29, 1.82) is 0 Å². The Morgan fingerprint density at radius 1 is 1.23 bits per heavy atom. The fraction of sp³-hybridized carbons (Fsp3) is 0.625. The minimum atomic E-state index is -0.568. The molecule has 4 rings (SSSR count). The molecule has 0 spiro atoms. The Balaban J connectivity index is 1.72. The van der Waals surface area contributed by atoms with Gasteiger partial charge in [0, 0.05) is 37.8 Å². The fourth-order valence-corrected chi connectivity index (χ4v) is 5.23. The summed E-state index contributed by atoms with van der Waals surface area (Å²) in [5.41, 5.74) is 1.73. The number of hydrogen-bond acceptors (Lipinski definition) is 4. The Morgan fingerprint density at radius 2 is 2.00 bits per heavy atom. The number of rotatable bonds is 5. The van der Waals surface area contributed by atoms with Crippen molar-refractivity contribution in [2.24, 2.45) is 5.92 Å². The number of hydrogen-bond donors (Lipinski definition) is 1. The number of aliphatic hydroxyl groups excluding tert-OH is 1. The Morgan fingerprint density at radius 3 is 2.70 bits per heavy atom. The highest BCUT2D eigenvalue weighted by Gasteiger charge is 2.34. The molecule has 0 radical (unpaired) electrons. The topological polar surface area (TPSA) is 57.9 Å². The highest BCUT2D eigenvalue weighted by molar-refractivity contribution is 6.08. The van der Waals surface area contributed by atoms with E-state index in [4.69, 9.17) is 4.74 Å². The molecule has 30 heavy (non-hydrogen) atoms. The largest absolute Gasteiger partial charge is 0.495 e. The van der Waals surface area contributed by atoms with Gasteiger partial charge in [-0.15, -0.1) is 0 Å². The van der Waals surface area contributed by atoms with Gasteiger partial charge in [0.25, 0.3) is 5.91 Å². The predicted octanol–water partition coefficient (Wildman–Crippen LogP) is 3.37. The number of aliphatic hydroxyl groups is 1. The maximum absolute atomic E-state index is 13.7. The summed E-state index contributed by atoms with van der Waals surface area (Å²) in [6, 6.07) is 5.76. The highest BCUT2D eigenvalue weighted by Crippen LogP contribution is 2.34. The number of aromatic nitrogens is 1. The van der Waals surface area contributed by atoms with Crippen LogP contribution in [0.15, 0.2) is 24.4 Å². The van der Waals surface area contributed by atoms with E-state index in [2.05, 4.69) is 9.47 Å². The van der Waals surface area contributed by atoms with Crippen molar-refractivity contribution >= 4 is 16.8 Å². The minimum absolute atomic E-state index is 0.00893. The zero-order chi connectivity index (χ0) is 21.3. The molecule has 2 fully saturated rings. The van der Waals surface area contributed by atoms with Crippen molar-refractivity contribution in [3.63, 3.8) is 0 Å². The second-order valence-electron chi connectivity index (χ2n) is 9.12. The van der Waals surface area contributed by atoms with Crippen molar-refractivity contribution in [3.8, 4) is 5.75 Å². The summed E-state index contributed by atoms with van der Waals surface area (Å²) >= 11 is 0. The molecule has 1 N–H and O–H groups in total. The minimum Gasteiger partial charge on any atom is -0.495 e. The third kappa shape index (κ3) is 4.08. The maximum Gasteiger partial charge on any atom is 0.256 e. The van der Waals surface area contributed by atoms with Crippen LogP contribution in [0, 0.1) is 5.92 Å². The zero-order valence-electron chi connectivity index (χ0n) is 18.5. The summed E-state index contributed by atoms with van der Waals surface area (Å²) in [5.74, 6) is 1.47. The lowest BCUT2D eigenvalue weighted by atomic mass is 9.89. The van der Waals surface area contributed by atoms with E-state index < -0.39 is 6.10 Å². The average Bonchev–Trinajstić information content (AvgIpc) is 3.12. The molecule has 1 amide bonds. The number of ether oxygens (including phenoxy) is 1. The molecule has 2 heterocycles. The molecule has 1 saturated carbocycles. The normalized spacial score (nSPS) is 22.4. The molecule has 2 aromatic rings. The number of para-hydroxylation sites is 1. The van der Waals surface area contributed by atoms with E-state index in [0.717, 1.165) is 35.3 Å². The third-order valence-electron chi connectivity index (χ3n) is 6.93. The van der Waals surface area contributed by atoms with Crippen LogP contribution in [-0.2, 0) is 6.54 Å². The van der Waals surface area contributed by atoms with E-state index in [1.54, 1.807) is 14.0 Å². The van der Waals surface area contributed by atoms with Gasteiger partial charge >= 0.3 is 0 Å². The van der Waals surface area contributed by atoms with Gasteiger partial charge in [0.2, 0.25) is 0 Å². The molecule has 164 valence electrons. The van der Waals surface area contributed by atoms with Crippen LogP contribution in [0.2, 0.25) is 0 Å². The summed E-state index contributed by atoms with van der Waals surface area (Å²) in [7, 11) is 3.73. The summed E-state index contributed by atoms with van der Waals surface area (Å²) in [6.45, 7) is 4.84. The summed E-state index contributed by atoms with van der Waals surface area (Å²) in [6.07, 6.45) is 7.89. The van der Waals surface area contributed by atoms with Gasteiger partial charge in [-0.3, -0.25) is 4.79 Å². The molecular weight excluding hydrogens is 378 g/mol. The van der Waals surface area contributed by atoms with E-state index in [9.17, 15) is 9.90 Å². The second-order valence-corrected chi connectivity index (χ2v) is 9.12. The summed E-state index contributed by atoms with van der Waals surface area (Å²) < 4.78 is 7.92. The monoisotopic (exact) mass is 413 g/mol. The fourth-order valence-electron chi connectivity index (χ4n) is 5.23. The first-order valence-electron chi connectivity index (χ1n) is 11.3. The van der Waals surface area contributed by atoms with Crippen LogP contribution in [0.3, 0.4) is 0 Å². The Labute approximate surface area is 179 Å². The molecule has 6 nitrogen and oxygen atoms in total. The average molecular weight is 414 g/mol. The van der Waals surface area contributed by atoms with Crippen LogP contribution in [0.1, 0.15) is 49.4 Å². The molecule has 6 heteroatoms. The van der Waals surface area contributed by atoms with Crippen LogP contribution in [0.5, 0.6) is 5.75 Å². The first-order valence-corrected chi connectivity index (χ1v) is 11.3. The maximum atomic E-state index is 13.7. The number of carbonyl (C=O) groups is 1. The number of nitrogens with zero attached hydrogens (tertiary/aromatic N) is 3. The van der Waals surface area contributed by atoms with Gasteiger partial charge in [-0.05, 0) is 38.8 Å². The van der Waals surface area contributed by atoms with Crippen LogP contribution in [0.4, 0.5) is 0 Å². The van der Waals surface area contributed by atoms with Crippen molar-refractivity contribution in [1.82, 2.24) is 14.4 Å². The molecule has 1 aliphatic carbocycles. The predicted molar refractivity (Wildman–Crippen MR) is 119 cm³/mol. The van der Waals surface area contributed by atoms with Crippen molar-refractivity contribution in [2.75, 3.05) is 33.8 Å². The number of benzene rings is 1. The SMILES string of the molecule is COc1cccc2c(C(=O)N3CCN(C)C[C@@H]3[C@H](C)O)cn(CC3CCCCC3)c12. The lowest BCUT2D eigenvalue weighted by Crippen LogP contribution is -2.57. The molecule has 2 atom stereocenters. The number of piperazine rings is 1. The van der Waals surface area contributed by atoms with E-state index in [1.165, 1.54) is 32.1 Å². The van der Waals surface area contributed by atoms with E-state index >= 15 is 0 Å². The van der Waals surface area contributed by atoms with Gasteiger partial charge in [0.15, 0.2) is 0 Å². The van der Waals surface area contributed by atoms with Gasteiger partial charge < -0.3 is 24.2 Å². The van der Waals surface area contributed by atoms with Crippen LogP contribution < -0.4 is 4.74 Å². The lowest BCUT2D eigenvalue weighted by Gasteiger charge is -2.41. The quantitative estimate of drug-likeness (QED) is 0.817. The van der Waals surface area contributed by atoms with E-state index in [1.807, 2.05) is 36.3 Å².